The molecule has 1 saturated carbocycles. The molecule has 6 heteroatoms. The molecule has 98 valence electrons. The van der Waals surface area contributed by atoms with Gasteiger partial charge in [0, 0.05) is 0 Å². The van der Waals surface area contributed by atoms with Crippen molar-refractivity contribution in [1.29, 1.82) is 0 Å². The molecule has 0 aliphatic heterocycles. The lowest BCUT2D eigenvalue weighted by Gasteiger charge is -2.15. The van der Waals surface area contributed by atoms with Gasteiger partial charge in [-0.15, -0.1) is 0 Å². The van der Waals surface area contributed by atoms with Crippen molar-refractivity contribution >= 4 is 5.91 Å². The summed E-state index contributed by atoms with van der Waals surface area (Å²) in [5.74, 6) is 0.278. The second-order valence-corrected chi connectivity index (χ2v) is 4.70. The molecule has 1 amide bonds. The minimum absolute atomic E-state index is 0.0458. The van der Waals surface area contributed by atoms with E-state index >= 15 is 0 Å². The van der Waals surface area contributed by atoms with Crippen LogP contribution in [0.5, 0.6) is 0 Å². The molecule has 1 heterocycles. The number of aromatic amines is 1. The van der Waals surface area contributed by atoms with E-state index in [1.165, 1.54) is 18.5 Å². The molecule has 0 saturated heterocycles. The maximum atomic E-state index is 12.9. The lowest BCUT2D eigenvalue weighted by atomic mass is 9.95. The Hall–Kier alpha value is -2.24. The van der Waals surface area contributed by atoms with Crippen LogP contribution in [0.15, 0.2) is 30.6 Å². The SMILES string of the molecule is O=C(NCc1ncn[nH]1)C1(c2ccc(F)cc2)CC1. The second-order valence-electron chi connectivity index (χ2n) is 4.70. The van der Waals surface area contributed by atoms with Crippen molar-refractivity contribution in [2.75, 3.05) is 0 Å². The Bertz CT molecular complexity index is 575. The van der Waals surface area contributed by atoms with Gasteiger partial charge >= 0.3 is 0 Å². The van der Waals surface area contributed by atoms with Crippen molar-refractivity contribution in [3.05, 3.63) is 47.8 Å². The summed E-state index contributed by atoms with van der Waals surface area (Å²) in [7, 11) is 0. The second kappa shape index (κ2) is 4.46. The smallest absolute Gasteiger partial charge is 0.231 e. The van der Waals surface area contributed by atoms with E-state index in [9.17, 15) is 9.18 Å². The summed E-state index contributed by atoms with van der Waals surface area (Å²) in [6.45, 7) is 0.321. The lowest BCUT2D eigenvalue weighted by Crippen LogP contribution is -2.34. The number of halogens is 1. The van der Waals surface area contributed by atoms with Crippen LogP contribution in [-0.4, -0.2) is 21.1 Å². The number of hydrogen-bond acceptors (Lipinski definition) is 3. The minimum Gasteiger partial charge on any atom is -0.348 e. The maximum absolute atomic E-state index is 12.9. The quantitative estimate of drug-likeness (QED) is 0.870. The molecule has 1 fully saturated rings. The zero-order chi connectivity index (χ0) is 13.3. The summed E-state index contributed by atoms with van der Waals surface area (Å²) in [4.78, 5) is 16.2. The van der Waals surface area contributed by atoms with Crippen molar-refractivity contribution in [3.8, 4) is 0 Å². The zero-order valence-electron chi connectivity index (χ0n) is 10.2. The van der Waals surface area contributed by atoms with Gasteiger partial charge in [0.25, 0.3) is 0 Å². The van der Waals surface area contributed by atoms with Gasteiger partial charge < -0.3 is 5.32 Å². The van der Waals surface area contributed by atoms with E-state index in [0.717, 1.165) is 18.4 Å². The van der Waals surface area contributed by atoms with Crippen LogP contribution in [0.2, 0.25) is 0 Å². The highest BCUT2D eigenvalue weighted by molar-refractivity contribution is 5.91. The molecule has 0 unspecified atom stereocenters. The normalized spacial score (nSPS) is 16.1. The van der Waals surface area contributed by atoms with Gasteiger partial charge in [0.1, 0.15) is 18.0 Å². The van der Waals surface area contributed by atoms with Crippen LogP contribution in [0.4, 0.5) is 4.39 Å². The highest BCUT2D eigenvalue weighted by Gasteiger charge is 2.51. The molecule has 1 aromatic carbocycles. The average Bonchev–Trinajstić information content (AvgIpc) is 3.07. The fraction of sp³-hybridized carbons (Fsp3) is 0.308. The van der Waals surface area contributed by atoms with Crippen LogP contribution in [-0.2, 0) is 16.8 Å². The number of nitrogens with one attached hydrogen (secondary N) is 2. The predicted molar refractivity (Wildman–Crippen MR) is 65.5 cm³/mol. The molecule has 0 bridgehead atoms. The van der Waals surface area contributed by atoms with Crippen molar-refractivity contribution < 1.29 is 9.18 Å². The number of amides is 1. The molecule has 0 radical (unpaired) electrons. The first-order valence-corrected chi connectivity index (χ1v) is 6.09. The Kier molecular flexibility index (Phi) is 2.77. The number of hydrogen-bond donors (Lipinski definition) is 2. The monoisotopic (exact) mass is 260 g/mol. The molecule has 5 nitrogen and oxygen atoms in total. The molecular formula is C13H13FN4O. The van der Waals surface area contributed by atoms with Crippen LogP contribution in [0.25, 0.3) is 0 Å². The molecule has 0 spiro atoms. The third-order valence-corrected chi connectivity index (χ3v) is 3.46. The van der Waals surface area contributed by atoms with E-state index in [1.807, 2.05) is 0 Å². The highest BCUT2D eigenvalue weighted by Crippen LogP contribution is 2.48. The average molecular weight is 260 g/mol. The van der Waals surface area contributed by atoms with Crippen LogP contribution >= 0.6 is 0 Å². The van der Waals surface area contributed by atoms with E-state index < -0.39 is 5.41 Å². The molecule has 3 rings (SSSR count). The number of H-pyrrole nitrogens is 1. The summed E-state index contributed by atoms with van der Waals surface area (Å²) in [5.41, 5.74) is 0.372. The molecule has 2 N–H and O–H groups in total. The Balaban J connectivity index is 1.70. The first-order chi connectivity index (χ1) is 9.21. The first-order valence-electron chi connectivity index (χ1n) is 6.09. The number of nitrogens with zero attached hydrogens (tertiary/aromatic N) is 2. The fourth-order valence-electron chi connectivity index (χ4n) is 2.19. The molecular weight excluding hydrogens is 247 g/mol. The van der Waals surface area contributed by atoms with Gasteiger partial charge in [-0.3, -0.25) is 9.89 Å². The minimum atomic E-state index is -0.492. The molecule has 19 heavy (non-hydrogen) atoms. The summed E-state index contributed by atoms with van der Waals surface area (Å²) < 4.78 is 12.9. The molecule has 2 aromatic rings. The molecule has 1 aliphatic rings. The van der Waals surface area contributed by atoms with Gasteiger partial charge in [-0.25, -0.2) is 9.37 Å². The summed E-state index contributed by atoms with van der Waals surface area (Å²) in [6.07, 6.45) is 2.98. The van der Waals surface area contributed by atoms with Crippen LogP contribution in [0, 0.1) is 5.82 Å². The topological polar surface area (TPSA) is 70.7 Å². The zero-order valence-corrected chi connectivity index (χ0v) is 10.2. The third-order valence-electron chi connectivity index (χ3n) is 3.46. The Morgan fingerprint density at radius 2 is 2.11 bits per heavy atom. The van der Waals surface area contributed by atoms with Crippen molar-refractivity contribution in [3.63, 3.8) is 0 Å². The maximum Gasteiger partial charge on any atom is 0.231 e. The predicted octanol–water partition coefficient (Wildman–Crippen LogP) is 1.29. The van der Waals surface area contributed by atoms with Gasteiger partial charge in [0.15, 0.2) is 0 Å². The number of carbonyl (C=O) groups is 1. The van der Waals surface area contributed by atoms with Crippen LogP contribution < -0.4 is 5.32 Å². The van der Waals surface area contributed by atoms with Crippen molar-refractivity contribution in [2.45, 2.75) is 24.8 Å². The van der Waals surface area contributed by atoms with Gasteiger partial charge in [0.05, 0.1) is 12.0 Å². The van der Waals surface area contributed by atoms with E-state index in [4.69, 9.17) is 0 Å². The van der Waals surface area contributed by atoms with Gasteiger partial charge in [0.2, 0.25) is 5.91 Å². The van der Waals surface area contributed by atoms with Crippen LogP contribution in [0.3, 0.4) is 0 Å². The third kappa shape index (κ3) is 2.21. The number of benzene rings is 1. The standard InChI is InChI=1S/C13H13FN4O/c14-10-3-1-9(2-4-10)13(5-6-13)12(19)15-7-11-16-8-17-18-11/h1-4,8H,5-7H2,(H,15,19)(H,16,17,18). The first kappa shape index (κ1) is 11.8. The summed E-state index contributed by atoms with van der Waals surface area (Å²) in [6, 6.07) is 6.13. The molecule has 0 atom stereocenters. The Morgan fingerprint density at radius 3 is 2.68 bits per heavy atom. The summed E-state index contributed by atoms with van der Waals surface area (Å²) >= 11 is 0. The lowest BCUT2D eigenvalue weighted by molar-refractivity contribution is -0.123. The van der Waals surface area contributed by atoms with Gasteiger partial charge in [-0.1, -0.05) is 12.1 Å². The number of aromatic nitrogens is 3. The van der Waals surface area contributed by atoms with E-state index in [2.05, 4.69) is 20.5 Å². The van der Waals surface area contributed by atoms with Crippen molar-refractivity contribution in [2.24, 2.45) is 0 Å². The Labute approximate surface area is 109 Å². The fourth-order valence-corrected chi connectivity index (χ4v) is 2.19. The van der Waals surface area contributed by atoms with E-state index in [-0.39, 0.29) is 11.7 Å². The summed E-state index contributed by atoms with van der Waals surface area (Å²) in [5, 5.41) is 9.24. The van der Waals surface area contributed by atoms with E-state index in [1.54, 1.807) is 12.1 Å². The molecule has 1 aromatic heterocycles. The Morgan fingerprint density at radius 1 is 1.37 bits per heavy atom. The number of carbonyl (C=O) groups excluding carboxylic acids is 1. The number of rotatable bonds is 4. The van der Waals surface area contributed by atoms with Gasteiger partial charge in [-0.05, 0) is 30.5 Å². The van der Waals surface area contributed by atoms with Crippen molar-refractivity contribution in [1.82, 2.24) is 20.5 Å². The van der Waals surface area contributed by atoms with E-state index in [0.29, 0.717) is 12.4 Å². The largest absolute Gasteiger partial charge is 0.348 e. The van der Waals surface area contributed by atoms with Crippen LogP contribution in [0.1, 0.15) is 24.2 Å². The highest BCUT2D eigenvalue weighted by atomic mass is 19.1. The molecule has 1 aliphatic carbocycles. The van der Waals surface area contributed by atoms with Gasteiger partial charge in [-0.2, -0.15) is 5.10 Å².